The summed E-state index contributed by atoms with van der Waals surface area (Å²) in [6, 6.07) is 6.20. The van der Waals surface area contributed by atoms with Crippen LogP contribution in [0.1, 0.15) is 61.4 Å². The molecular weight excluding hydrogens is 256 g/mol. The highest BCUT2D eigenvalue weighted by atomic mass is 35.5. The summed E-state index contributed by atoms with van der Waals surface area (Å²) in [6.45, 7) is 2.12. The Bertz CT molecular complexity index is 396. The van der Waals surface area contributed by atoms with Crippen molar-refractivity contribution >= 4 is 11.6 Å². The van der Waals surface area contributed by atoms with Crippen LogP contribution in [-0.4, -0.2) is 7.11 Å². The van der Waals surface area contributed by atoms with Crippen molar-refractivity contribution in [3.05, 3.63) is 29.3 Å². The summed E-state index contributed by atoms with van der Waals surface area (Å²) in [5.74, 6) is 1.82. The summed E-state index contributed by atoms with van der Waals surface area (Å²) in [7, 11) is 1.70. The van der Waals surface area contributed by atoms with Crippen molar-refractivity contribution in [3.63, 3.8) is 0 Å². The molecule has 1 aromatic rings. The molecule has 1 saturated carbocycles. The molecule has 0 radical (unpaired) electrons. The van der Waals surface area contributed by atoms with Crippen LogP contribution in [0, 0.1) is 12.8 Å². The molecule has 0 N–H and O–H groups in total. The summed E-state index contributed by atoms with van der Waals surface area (Å²) < 4.78 is 5.24. The normalized spacial score (nSPS) is 18.3. The van der Waals surface area contributed by atoms with E-state index in [0.717, 1.165) is 18.1 Å². The lowest BCUT2D eigenvalue weighted by molar-refractivity contribution is 0.331. The van der Waals surface area contributed by atoms with Crippen molar-refractivity contribution in [2.45, 2.75) is 57.2 Å². The molecule has 1 unspecified atom stereocenters. The lowest BCUT2D eigenvalue weighted by atomic mass is 9.85. The van der Waals surface area contributed by atoms with Gasteiger partial charge in [0.05, 0.1) is 12.5 Å². The van der Waals surface area contributed by atoms with Gasteiger partial charge in [-0.3, -0.25) is 0 Å². The van der Waals surface area contributed by atoms with E-state index in [4.69, 9.17) is 16.3 Å². The molecule has 0 heterocycles. The third-order valence-corrected chi connectivity index (χ3v) is 4.82. The molecule has 2 rings (SSSR count). The van der Waals surface area contributed by atoms with Crippen LogP contribution < -0.4 is 4.74 Å². The van der Waals surface area contributed by atoms with Gasteiger partial charge in [-0.2, -0.15) is 0 Å². The van der Waals surface area contributed by atoms with Gasteiger partial charge in [-0.1, -0.05) is 38.2 Å². The highest BCUT2D eigenvalue weighted by Gasteiger charge is 2.17. The summed E-state index contributed by atoms with van der Waals surface area (Å²) in [5.41, 5.74) is 2.50. The Hall–Kier alpha value is -0.690. The monoisotopic (exact) mass is 280 g/mol. The van der Waals surface area contributed by atoms with E-state index in [0.29, 0.717) is 0 Å². The number of halogens is 1. The second-order valence-electron chi connectivity index (χ2n) is 5.77. The average Bonchev–Trinajstić information content (AvgIpc) is 2.45. The molecule has 1 fully saturated rings. The van der Waals surface area contributed by atoms with Crippen molar-refractivity contribution in [2.75, 3.05) is 7.11 Å². The van der Waals surface area contributed by atoms with Crippen LogP contribution in [0.3, 0.4) is 0 Å². The first-order chi connectivity index (χ1) is 9.20. The van der Waals surface area contributed by atoms with E-state index in [1.807, 2.05) is 6.07 Å². The maximum Gasteiger partial charge on any atom is 0.119 e. The fourth-order valence-corrected chi connectivity index (χ4v) is 3.51. The first-order valence-corrected chi connectivity index (χ1v) is 7.93. The fourth-order valence-electron chi connectivity index (χ4n) is 3.14. The van der Waals surface area contributed by atoms with Crippen LogP contribution in [0.25, 0.3) is 0 Å². The van der Waals surface area contributed by atoms with Gasteiger partial charge in [-0.05, 0) is 48.9 Å². The highest BCUT2D eigenvalue weighted by Crippen LogP contribution is 2.34. The molecule has 19 heavy (non-hydrogen) atoms. The molecule has 1 aliphatic carbocycles. The van der Waals surface area contributed by atoms with Crippen LogP contribution in [0.5, 0.6) is 5.75 Å². The van der Waals surface area contributed by atoms with Gasteiger partial charge in [0, 0.05) is 0 Å². The number of hydrogen-bond donors (Lipinski definition) is 0. The number of rotatable bonds is 5. The molecule has 0 bridgehead atoms. The van der Waals surface area contributed by atoms with E-state index in [1.165, 1.54) is 49.7 Å². The van der Waals surface area contributed by atoms with E-state index in [2.05, 4.69) is 19.1 Å². The smallest absolute Gasteiger partial charge is 0.119 e. The topological polar surface area (TPSA) is 9.23 Å². The number of hydrogen-bond acceptors (Lipinski definition) is 1. The van der Waals surface area contributed by atoms with Gasteiger partial charge in [0.2, 0.25) is 0 Å². The Morgan fingerprint density at radius 2 is 2.00 bits per heavy atom. The SMILES string of the molecule is COc1ccc(C(Cl)CCC2CCCCC2)c(C)c1. The van der Waals surface area contributed by atoms with E-state index in [-0.39, 0.29) is 5.38 Å². The van der Waals surface area contributed by atoms with Gasteiger partial charge < -0.3 is 4.74 Å². The average molecular weight is 281 g/mol. The Morgan fingerprint density at radius 1 is 1.26 bits per heavy atom. The van der Waals surface area contributed by atoms with Gasteiger partial charge in [-0.15, -0.1) is 11.6 Å². The minimum absolute atomic E-state index is 0.146. The summed E-state index contributed by atoms with van der Waals surface area (Å²) in [4.78, 5) is 0. The predicted octanol–water partition coefficient (Wildman–Crippen LogP) is 5.64. The molecule has 1 nitrogen and oxygen atoms in total. The molecule has 0 aliphatic heterocycles. The quantitative estimate of drug-likeness (QED) is 0.634. The zero-order valence-corrected chi connectivity index (χ0v) is 12.9. The number of aryl methyl sites for hydroxylation is 1. The van der Waals surface area contributed by atoms with Crippen molar-refractivity contribution in [2.24, 2.45) is 5.92 Å². The first kappa shape index (κ1) is 14.7. The minimum atomic E-state index is 0.146. The lowest BCUT2D eigenvalue weighted by Gasteiger charge is -2.23. The standard InChI is InChI=1S/C17H25ClO/c1-13-12-15(19-2)9-10-16(13)17(18)11-8-14-6-4-3-5-7-14/h9-10,12,14,17H,3-8,11H2,1-2H3. The molecule has 1 atom stereocenters. The molecule has 106 valence electrons. The molecule has 1 aromatic carbocycles. The fraction of sp³-hybridized carbons (Fsp3) is 0.647. The minimum Gasteiger partial charge on any atom is -0.497 e. The maximum atomic E-state index is 6.59. The second kappa shape index (κ2) is 7.19. The molecule has 0 saturated heterocycles. The summed E-state index contributed by atoms with van der Waals surface area (Å²) in [6.07, 6.45) is 9.45. The van der Waals surface area contributed by atoms with E-state index >= 15 is 0 Å². The summed E-state index contributed by atoms with van der Waals surface area (Å²) >= 11 is 6.59. The van der Waals surface area contributed by atoms with Crippen molar-refractivity contribution in [1.82, 2.24) is 0 Å². The first-order valence-electron chi connectivity index (χ1n) is 7.49. The van der Waals surface area contributed by atoms with Crippen LogP contribution >= 0.6 is 11.6 Å². The number of methoxy groups -OCH3 is 1. The van der Waals surface area contributed by atoms with Gasteiger partial charge >= 0.3 is 0 Å². The molecule has 1 aliphatic rings. The van der Waals surface area contributed by atoms with Crippen LogP contribution in [0.4, 0.5) is 0 Å². The number of benzene rings is 1. The van der Waals surface area contributed by atoms with Gasteiger partial charge in [0.15, 0.2) is 0 Å². The van der Waals surface area contributed by atoms with Crippen molar-refractivity contribution in [3.8, 4) is 5.75 Å². The van der Waals surface area contributed by atoms with Crippen LogP contribution in [0.15, 0.2) is 18.2 Å². The molecule has 0 amide bonds. The number of ether oxygens (including phenoxy) is 1. The maximum absolute atomic E-state index is 6.59. The zero-order chi connectivity index (χ0) is 13.7. The van der Waals surface area contributed by atoms with Crippen LogP contribution in [-0.2, 0) is 0 Å². The summed E-state index contributed by atoms with van der Waals surface area (Å²) in [5, 5.41) is 0.146. The molecule has 0 aromatic heterocycles. The Balaban J connectivity index is 1.89. The van der Waals surface area contributed by atoms with E-state index in [9.17, 15) is 0 Å². The van der Waals surface area contributed by atoms with Gasteiger partial charge in [-0.25, -0.2) is 0 Å². The van der Waals surface area contributed by atoms with Crippen LogP contribution in [0.2, 0.25) is 0 Å². The van der Waals surface area contributed by atoms with Crippen molar-refractivity contribution < 1.29 is 4.74 Å². The van der Waals surface area contributed by atoms with E-state index in [1.54, 1.807) is 7.11 Å². The lowest BCUT2D eigenvalue weighted by Crippen LogP contribution is -2.07. The Kier molecular flexibility index (Phi) is 5.57. The largest absolute Gasteiger partial charge is 0.497 e. The molecule has 2 heteroatoms. The molecular formula is C17H25ClO. The number of alkyl halides is 1. The third-order valence-electron chi connectivity index (χ3n) is 4.37. The van der Waals surface area contributed by atoms with Gasteiger partial charge in [0.25, 0.3) is 0 Å². The zero-order valence-electron chi connectivity index (χ0n) is 12.1. The van der Waals surface area contributed by atoms with E-state index < -0.39 is 0 Å². The molecule has 0 spiro atoms. The van der Waals surface area contributed by atoms with Gasteiger partial charge in [0.1, 0.15) is 5.75 Å². The third kappa shape index (κ3) is 4.14. The Morgan fingerprint density at radius 3 is 2.63 bits per heavy atom. The van der Waals surface area contributed by atoms with Crippen molar-refractivity contribution in [1.29, 1.82) is 0 Å². The highest BCUT2D eigenvalue weighted by molar-refractivity contribution is 6.20. The Labute approximate surface area is 122 Å². The second-order valence-corrected chi connectivity index (χ2v) is 6.30. The predicted molar refractivity (Wildman–Crippen MR) is 82.1 cm³/mol.